The second kappa shape index (κ2) is 8.20. The summed E-state index contributed by atoms with van der Waals surface area (Å²) in [6.45, 7) is 1.18. The molecule has 0 unspecified atom stereocenters. The summed E-state index contributed by atoms with van der Waals surface area (Å²) in [6, 6.07) is 7.50. The van der Waals surface area contributed by atoms with Crippen molar-refractivity contribution in [1.82, 2.24) is 0 Å². The maximum absolute atomic E-state index is 14.2. The fraction of sp³-hybridized carbons (Fsp3) is 0.400. The first kappa shape index (κ1) is 20.2. The van der Waals surface area contributed by atoms with Gasteiger partial charge in [-0.05, 0) is 41.8 Å². The molecule has 146 valence electrons. The molecule has 0 aromatic heterocycles. The number of hydrogen-bond donors (Lipinski definition) is 3. The Morgan fingerprint density at radius 3 is 2.44 bits per heavy atom. The predicted octanol–water partition coefficient (Wildman–Crippen LogP) is 3.06. The molecule has 27 heavy (non-hydrogen) atoms. The highest BCUT2D eigenvalue weighted by Crippen LogP contribution is 2.34. The average Bonchev–Trinajstić information content (AvgIpc) is 2.61. The Kier molecular flexibility index (Phi) is 6.13. The van der Waals surface area contributed by atoms with Crippen LogP contribution in [0, 0.1) is 18.6 Å². The molecule has 3 rings (SSSR count). The molecule has 3 N–H and O–H groups in total. The second-order valence-electron chi connectivity index (χ2n) is 6.87. The lowest BCUT2D eigenvalue weighted by Crippen LogP contribution is -2.47. The third-order valence-corrected chi connectivity index (χ3v) is 5.21. The van der Waals surface area contributed by atoms with Gasteiger partial charge in [0.25, 0.3) is 0 Å². The molecule has 2 aromatic rings. The van der Waals surface area contributed by atoms with E-state index in [-0.39, 0.29) is 18.4 Å². The summed E-state index contributed by atoms with van der Waals surface area (Å²) in [5.41, 5.74) is 1.58. The van der Waals surface area contributed by atoms with Crippen molar-refractivity contribution in [2.75, 3.05) is 6.61 Å². The number of aryl methyl sites for hydroxylation is 1. The van der Waals surface area contributed by atoms with E-state index in [1.165, 1.54) is 12.1 Å². The third-order valence-electron chi connectivity index (χ3n) is 4.84. The van der Waals surface area contributed by atoms with Crippen LogP contribution in [0.15, 0.2) is 30.3 Å². The summed E-state index contributed by atoms with van der Waals surface area (Å²) in [7, 11) is 0. The Labute approximate surface area is 161 Å². The number of hydrogen-bond acceptors (Lipinski definition) is 4. The minimum absolute atomic E-state index is 0.0358. The molecule has 1 aliphatic rings. The summed E-state index contributed by atoms with van der Waals surface area (Å²) in [5.74, 6) is -1.27. The molecular formula is C20H21ClF2O4. The second-order valence-corrected chi connectivity index (χ2v) is 7.28. The predicted molar refractivity (Wildman–Crippen MR) is 96.7 cm³/mol. The Balaban J connectivity index is 1.89. The summed E-state index contributed by atoms with van der Waals surface area (Å²) >= 11 is 6.21. The van der Waals surface area contributed by atoms with E-state index in [9.17, 15) is 24.1 Å². The highest BCUT2D eigenvalue weighted by Gasteiger charge is 2.37. The maximum atomic E-state index is 14.2. The number of ether oxygens (including phenoxy) is 1. The van der Waals surface area contributed by atoms with Gasteiger partial charge in [-0.1, -0.05) is 23.7 Å². The van der Waals surface area contributed by atoms with Gasteiger partial charge in [0.05, 0.1) is 18.8 Å². The molecule has 0 radical (unpaired) electrons. The van der Waals surface area contributed by atoms with E-state index in [1.54, 1.807) is 25.1 Å². The Hall–Kier alpha value is -1.57. The summed E-state index contributed by atoms with van der Waals surface area (Å²) in [4.78, 5) is 0. The molecule has 0 spiro atoms. The standard InChI is InChI=1S/C20H21ClF2O4/c1-10-4-15(22)13(16(23)5-10)7-12-6-11(2-3-14(12)21)18-8-17(25)20(26)19(9-24)27-18/h2-6,17-20,24-26H,7-9H2,1H3/t17-,18-,19-,20+/m1/s1. The first-order chi connectivity index (χ1) is 12.8. The van der Waals surface area contributed by atoms with Crippen LogP contribution >= 0.6 is 11.6 Å². The van der Waals surface area contributed by atoms with Crippen LogP contribution in [0.4, 0.5) is 8.78 Å². The first-order valence-electron chi connectivity index (χ1n) is 8.65. The van der Waals surface area contributed by atoms with Gasteiger partial charge in [-0.2, -0.15) is 0 Å². The molecular weight excluding hydrogens is 378 g/mol. The van der Waals surface area contributed by atoms with Crippen LogP contribution in [-0.4, -0.2) is 40.2 Å². The topological polar surface area (TPSA) is 69.9 Å². The molecule has 0 bridgehead atoms. The van der Waals surface area contributed by atoms with Crippen LogP contribution in [-0.2, 0) is 11.2 Å². The quantitative estimate of drug-likeness (QED) is 0.740. The number of halogens is 3. The van der Waals surface area contributed by atoms with E-state index in [0.29, 0.717) is 21.7 Å². The van der Waals surface area contributed by atoms with Crippen LogP contribution < -0.4 is 0 Å². The van der Waals surface area contributed by atoms with Crippen LogP contribution in [0.5, 0.6) is 0 Å². The molecule has 1 heterocycles. The Bertz CT molecular complexity index is 807. The van der Waals surface area contributed by atoms with Crippen molar-refractivity contribution in [2.45, 2.75) is 44.2 Å². The van der Waals surface area contributed by atoms with Gasteiger partial charge in [0.1, 0.15) is 23.8 Å². The van der Waals surface area contributed by atoms with E-state index in [1.807, 2.05) is 0 Å². The zero-order chi connectivity index (χ0) is 19.7. The smallest absolute Gasteiger partial charge is 0.129 e. The largest absolute Gasteiger partial charge is 0.394 e. The van der Waals surface area contributed by atoms with Gasteiger partial charge < -0.3 is 20.1 Å². The lowest BCUT2D eigenvalue weighted by molar-refractivity contribution is -0.181. The van der Waals surface area contributed by atoms with Gasteiger partial charge in [-0.3, -0.25) is 0 Å². The van der Waals surface area contributed by atoms with Crippen molar-refractivity contribution < 1.29 is 28.8 Å². The number of aliphatic hydroxyl groups is 3. The van der Waals surface area contributed by atoms with Crippen LogP contribution in [0.1, 0.15) is 34.8 Å². The van der Waals surface area contributed by atoms with Crippen molar-refractivity contribution in [3.8, 4) is 0 Å². The molecule has 2 aromatic carbocycles. The first-order valence-corrected chi connectivity index (χ1v) is 9.03. The molecule has 1 fully saturated rings. The number of benzene rings is 2. The fourth-order valence-electron chi connectivity index (χ4n) is 3.34. The van der Waals surface area contributed by atoms with E-state index < -0.39 is 42.7 Å². The normalized spacial score (nSPS) is 25.6. The average molecular weight is 399 g/mol. The lowest BCUT2D eigenvalue weighted by Gasteiger charge is -2.36. The van der Waals surface area contributed by atoms with E-state index in [0.717, 1.165) is 0 Å². The molecule has 7 heteroatoms. The van der Waals surface area contributed by atoms with Gasteiger partial charge >= 0.3 is 0 Å². The zero-order valence-electron chi connectivity index (χ0n) is 14.7. The monoisotopic (exact) mass is 398 g/mol. The van der Waals surface area contributed by atoms with Crippen molar-refractivity contribution in [2.24, 2.45) is 0 Å². The molecule has 1 saturated heterocycles. The van der Waals surface area contributed by atoms with Crippen molar-refractivity contribution >= 4 is 11.6 Å². The van der Waals surface area contributed by atoms with Crippen molar-refractivity contribution in [3.05, 3.63) is 69.2 Å². The molecule has 4 nitrogen and oxygen atoms in total. The molecule has 0 saturated carbocycles. The fourth-order valence-corrected chi connectivity index (χ4v) is 3.52. The molecule has 1 aliphatic heterocycles. The minimum atomic E-state index is -1.17. The Morgan fingerprint density at radius 2 is 1.81 bits per heavy atom. The molecule has 0 aliphatic carbocycles. The van der Waals surface area contributed by atoms with Gasteiger partial charge in [-0.15, -0.1) is 0 Å². The van der Waals surface area contributed by atoms with Crippen LogP contribution in [0.3, 0.4) is 0 Å². The van der Waals surface area contributed by atoms with Gasteiger partial charge in [0.2, 0.25) is 0 Å². The Morgan fingerprint density at radius 1 is 1.15 bits per heavy atom. The highest BCUT2D eigenvalue weighted by atomic mass is 35.5. The highest BCUT2D eigenvalue weighted by molar-refractivity contribution is 6.31. The van der Waals surface area contributed by atoms with Gasteiger partial charge in [0, 0.05) is 23.4 Å². The van der Waals surface area contributed by atoms with Crippen LogP contribution in [0.25, 0.3) is 0 Å². The number of aliphatic hydroxyl groups excluding tert-OH is 3. The summed E-state index contributed by atoms with van der Waals surface area (Å²) < 4.78 is 34.0. The van der Waals surface area contributed by atoms with Crippen molar-refractivity contribution in [1.29, 1.82) is 0 Å². The molecule has 4 atom stereocenters. The maximum Gasteiger partial charge on any atom is 0.129 e. The summed E-state index contributed by atoms with van der Waals surface area (Å²) in [6.07, 6.45) is -3.62. The van der Waals surface area contributed by atoms with E-state index in [4.69, 9.17) is 16.3 Å². The minimum Gasteiger partial charge on any atom is -0.394 e. The third kappa shape index (κ3) is 4.31. The SMILES string of the molecule is Cc1cc(F)c(Cc2cc([C@H]3C[C@@H](O)[C@H](O)[C@@H](CO)O3)ccc2Cl)c(F)c1. The van der Waals surface area contributed by atoms with Crippen LogP contribution in [0.2, 0.25) is 5.02 Å². The van der Waals surface area contributed by atoms with E-state index in [2.05, 4.69) is 0 Å². The van der Waals surface area contributed by atoms with Gasteiger partial charge in [-0.25, -0.2) is 8.78 Å². The molecule has 0 amide bonds. The van der Waals surface area contributed by atoms with Gasteiger partial charge in [0.15, 0.2) is 0 Å². The zero-order valence-corrected chi connectivity index (χ0v) is 15.5. The lowest BCUT2D eigenvalue weighted by atomic mass is 9.92. The van der Waals surface area contributed by atoms with E-state index >= 15 is 0 Å². The number of rotatable bonds is 4. The summed E-state index contributed by atoms with van der Waals surface area (Å²) in [5, 5.41) is 29.5. The van der Waals surface area contributed by atoms with Crippen molar-refractivity contribution in [3.63, 3.8) is 0 Å².